The van der Waals surface area contributed by atoms with Crippen LogP contribution in [0.25, 0.3) is 10.9 Å². The average Bonchev–Trinajstić information content (AvgIpc) is 2.84. The van der Waals surface area contributed by atoms with E-state index in [1.807, 2.05) is 33.8 Å². The summed E-state index contributed by atoms with van der Waals surface area (Å²) in [5, 5.41) is 10.4. The molecule has 1 aliphatic heterocycles. The maximum absolute atomic E-state index is 12.2. The SMILES string of the molecule is Cc1c(C(=O)O)n(C)c2ccc(C3CCN(C(=O)OC(C)(C)C)CC3)cc12. The van der Waals surface area contributed by atoms with Crippen molar-refractivity contribution in [2.24, 2.45) is 7.05 Å². The Labute approximate surface area is 159 Å². The Morgan fingerprint density at radius 3 is 2.37 bits per heavy atom. The Hall–Kier alpha value is -2.50. The molecule has 27 heavy (non-hydrogen) atoms. The summed E-state index contributed by atoms with van der Waals surface area (Å²) in [7, 11) is 1.79. The minimum Gasteiger partial charge on any atom is -0.477 e. The Bertz CT molecular complexity index is 884. The molecule has 0 atom stereocenters. The lowest BCUT2D eigenvalue weighted by Crippen LogP contribution is -2.41. The van der Waals surface area contributed by atoms with Crippen molar-refractivity contribution >= 4 is 23.0 Å². The van der Waals surface area contributed by atoms with Crippen LogP contribution in [0.1, 0.15) is 61.1 Å². The van der Waals surface area contributed by atoms with E-state index in [4.69, 9.17) is 4.74 Å². The second-order valence-corrected chi connectivity index (χ2v) is 8.36. The first-order valence-corrected chi connectivity index (χ1v) is 9.38. The lowest BCUT2D eigenvalue weighted by atomic mass is 9.88. The number of aromatic carboxylic acids is 1. The summed E-state index contributed by atoms with van der Waals surface area (Å²) in [6.07, 6.45) is 1.51. The minimum absolute atomic E-state index is 0.249. The summed E-state index contributed by atoms with van der Waals surface area (Å²) in [5.74, 6) is -0.542. The van der Waals surface area contributed by atoms with E-state index in [2.05, 4.69) is 12.1 Å². The maximum atomic E-state index is 12.2. The Balaban J connectivity index is 1.77. The smallest absolute Gasteiger partial charge is 0.410 e. The van der Waals surface area contributed by atoms with Crippen molar-refractivity contribution in [3.05, 3.63) is 35.0 Å². The first-order chi connectivity index (χ1) is 12.6. The zero-order valence-corrected chi connectivity index (χ0v) is 16.7. The van der Waals surface area contributed by atoms with E-state index in [9.17, 15) is 14.7 Å². The van der Waals surface area contributed by atoms with Crippen molar-refractivity contribution in [3.8, 4) is 0 Å². The molecule has 0 bridgehead atoms. The fraction of sp³-hybridized carbons (Fsp3) is 0.524. The highest BCUT2D eigenvalue weighted by molar-refractivity contribution is 5.98. The topological polar surface area (TPSA) is 71.8 Å². The van der Waals surface area contributed by atoms with Crippen molar-refractivity contribution in [2.75, 3.05) is 13.1 Å². The zero-order valence-electron chi connectivity index (χ0n) is 16.7. The largest absolute Gasteiger partial charge is 0.477 e. The number of ether oxygens (including phenoxy) is 1. The van der Waals surface area contributed by atoms with Crippen molar-refractivity contribution in [1.29, 1.82) is 0 Å². The Morgan fingerprint density at radius 2 is 1.81 bits per heavy atom. The van der Waals surface area contributed by atoms with Crippen LogP contribution in [0.5, 0.6) is 0 Å². The lowest BCUT2D eigenvalue weighted by molar-refractivity contribution is 0.0204. The molecule has 0 spiro atoms. The lowest BCUT2D eigenvalue weighted by Gasteiger charge is -2.33. The van der Waals surface area contributed by atoms with Crippen molar-refractivity contribution < 1.29 is 19.4 Å². The van der Waals surface area contributed by atoms with Gasteiger partial charge >= 0.3 is 12.1 Å². The number of amides is 1. The number of benzene rings is 1. The molecule has 2 aromatic rings. The van der Waals surface area contributed by atoms with Gasteiger partial charge in [0, 0.05) is 31.0 Å². The number of carboxylic acid groups (broad SMARTS) is 1. The Morgan fingerprint density at radius 1 is 1.19 bits per heavy atom. The highest BCUT2D eigenvalue weighted by Crippen LogP contribution is 2.33. The van der Waals surface area contributed by atoms with Crippen LogP contribution in [-0.4, -0.2) is 45.3 Å². The molecule has 1 aromatic carbocycles. The summed E-state index contributed by atoms with van der Waals surface area (Å²) in [6, 6.07) is 6.20. The van der Waals surface area contributed by atoms with Crippen LogP contribution in [0.4, 0.5) is 4.79 Å². The molecule has 0 unspecified atom stereocenters. The fourth-order valence-electron chi connectivity index (χ4n) is 3.93. The summed E-state index contributed by atoms with van der Waals surface area (Å²) < 4.78 is 7.20. The van der Waals surface area contributed by atoms with Crippen molar-refractivity contribution in [2.45, 2.75) is 52.1 Å². The molecule has 1 saturated heterocycles. The van der Waals surface area contributed by atoms with Gasteiger partial charge in [-0.1, -0.05) is 6.07 Å². The number of carboxylic acids is 1. The number of hydrogen-bond donors (Lipinski definition) is 1. The molecule has 146 valence electrons. The maximum Gasteiger partial charge on any atom is 0.410 e. The molecular weight excluding hydrogens is 344 g/mol. The third-order valence-electron chi connectivity index (χ3n) is 5.30. The summed E-state index contributed by atoms with van der Waals surface area (Å²) in [5.41, 5.74) is 2.79. The van der Waals surface area contributed by atoms with E-state index >= 15 is 0 Å². The van der Waals surface area contributed by atoms with Gasteiger partial charge in [0.05, 0.1) is 0 Å². The predicted octanol–water partition coefficient (Wildman–Crippen LogP) is 4.30. The van der Waals surface area contributed by atoms with Gasteiger partial charge in [0.1, 0.15) is 11.3 Å². The second-order valence-electron chi connectivity index (χ2n) is 8.36. The van der Waals surface area contributed by atoms with Crippen LogP contribution in [0, 0.1) is 6.92 Å². The minimum atomic E-state index is -0.904. The van der Waals surface area contributed by atoms with E-state index in [0.29, 0.717) is 24.7 Å². The number of likely N-dealkylation sites (tertiary alicyclic amines) is 1. The molecule has 0 radical (unpaired) electrons. The average molecular weight is 372 g/mol. The van der Waals surface area contributed by atoms with Gasteiger partial charge in [0.25, 0.3) is 0 Å². The summed E-state index contributed by atoms with van der Waals surface area (Å²) in [4.78, 5) is 25.5. The predicted molar refractivity (Wildman–Crippen MR) is 104 cm³/mol. The number of hydrogen-bond acceptors (Lipinski definition) is 3. The third kappa shape index (κ3) is 3.80. The van der Waals surface area contributed by atoms with Crippen molar-refractivity contribution in [3.63, 3.8) is 0 Å². The van der Waals surface area contributed by atoms with E-state index in [0.717, 1.165) is 29.3 Å². The van der Waals surface area contributed by atoms with Crippen LogP contribution in [-0.2, 0) is 11.8 Å². The van der Waals surface area contributed by atoms with Crippen molar-refractivity contribution in [1.82, 2.24) is 9.47 Å². The number of carbonyl (C=O) groups is 2. The van der Waals surface area contributed by atoms with Gasteiger partial charge in [-0.3, -0.25) is 0 Å². The first-order valence-electron chi connectivity index (χ1n) is 9.38. The number of aryl methyl sites for hydroxylation is 2. The molecule has 6 nitrogen and oxygen atoms in total. The van der Waals surface area contributed by atoms with Gasteiger partial charge in [-0.15, -0.1) is 0 Å². The van der Waals surface area contributed by atoms with Crippen LogP contribution in [0.2, 0.25) is 0 Å². The number of rotatable bonds is 2. The summed E-state index contributed by atoms with van der Waals surface area (Å²) >= 11 is 0. The molecule has 0 saturated carbocycles. The van der Waals surface area contributed by atoms with Crippen LogP contribution in [0.3, 0.4) is 0 Å². The third-order valence-corrected chi connectivity index (χ3v) is 5.30. The second kappa shape index (κ2) is 6.91. The van der Waals surface area contributed by atoms with E-state index in [1.165, 1.54) is 5.56 Å². The van der Waals surface area contributed by atoms with Gasteiger partial charge < -0.3 is 19.3 Å². The molecule has 1 amide bonds. The molecule has 1 aliphatic rings. The molecule has 2 heterocycles. The van der Waals surface area contributed by atoms with Gasteiger partial charge in [0.2, 0.25) is 0 Å². The number of piperidine rings is 1. The zero-order chi connectivity index (χ0) is 19.9. The quantitative estimate of drug-likeness (QED) is 0.853. The number of nitrogens with zero attached hydrogens (tertiary/aromatic N) is 2. The van der Waals surface area contributed by atoms with Crippen LogP contribution in [0.15, 0.2) is 18.2 Å². The molecule has 6 heteroatoms. The molecule has 0 aliphatic carbocycles. The van der Waals surface area contributed by atoms with Gasteiger partial charge in [-0.05, 0) is 69.7 Å². The van der Waals surface area contributed by atoms with Gasteiger partial charge in [-0.25, -0.2) is 9.59 Å². The molecule has 1 N–H and O–H groups in total. The number of fused-ring (bicyclic) bond motifs is 1. The molecule has 1 aromatic heterocycles. The number of carbonyl (C=O) groups excluding carboxylic acids is 1. The summed E-state index contributed by atoms with van der Waals surface area (Å²) in [6.45, 7) is 8.83. The molecule has 3 rings (SSSR count). The first kappa shape index (κ1) is 19.3. The van der Waals surface area contributed by atoms with Crippen LogP contribution >= 0.6 is 0 Å². The standard InChI is InChI=1S/C21H28N2O4/c1-13-16-12-15(6-7-17(16)22(5)18(13)19(24)25)14-8-10-23(11-9-14)20(26)27-21(2,3)4/h6-7,12,14H,8-11H2,1-5H3,(H,24,25). The Kier molecular flexibility index (Phi) is 4.93. The highest BCUT2D eigenvalue weighted by atomic mass is 16.6. The van der Waals surface area contributed by atoms with Crippen LogP contribution < -0.4 is 0 Å². The van der Waals surface area contributed by atoms with E-state index in [-0.39, 0.29) is 6.09 Å². The fourth-order valence-corrected chi connectivity index (χ4v) is 3.93. The van der Waals surface area contributed by atoms with Gasteiger partial charge in [-0.2, -0.15) is 0 Å². The van der Waals surface area contributed by atoms with Gasteiger partial charge in [0.15, 0.2) is 0 Å². The molecule has 1 fully saturated rings. The molecular formula is C21H28N2O4. The van der Waals surface area contributed by atoms with E-state index in [1.54, 1.807) is 16.5 Å². The number of aromatic nitrogens is 1. The normalized spacial score (nSPS) is 16.0. The van der Waals surface area contributed by atoms with E-state index < -0.39 is 11.6 Å². The highest BCUT2D eigenvalue weighted by Gasteiger charge is 2.28. The monoisotopic (exact) mass is 372 g/mol.